The Bertz CT molecular complexity index is 2810. The molecule has 17 heteroatoms. The molecule has 2 aromatic carbocycles. The van der Waals surface area contributed by atoms with E-state index in [0.29, 0.717) is 25.7 Å². The summed E-state index contributed by atoms with van der Waals surface area (Å²) in [6.07, 6.45) is 101. The maximum absolute atomic E-state index is 13.0. The van der Waals surface area contributed by atoms with Crippen molar-refractivity contribution in [1.29, 1.82) is 0 Å². The predicted molar refractivity (Wildman–Crippen MR) is 489 cm³/mol. The molecule has 0 N–H and O–H groups in total. The van der Waals surface area contributed by atoms with E-state index in [1.807, 2.05) is 0 Å². The third kappa shape index (κ3) is 71.5. The third-order valence-corrected chi connectivity index (χ3v) is 23.7. The first-order valence-electron chi connectivity index (χ1n) is 48.1. The smallest absolute Gasteiger partial charge is 0.744 e. The number of rotatable bonds is 82. The van der Waals surface area contributed by atoms with Crippen molar-refractivity contribution in [3.8, 4) is 0 Å². The second-order valence-corrected chi connectivity index (χ2v) is 35.6. The first-order chi connectivity index (χ1) is 56.6. The molecule has 0 saturated heterocycles. The van der Waals surface area contributed by atoms with Crippen molar-refractivity contribution in [2.45, 2.75) is 474 Å². The summed E-state index contributed by atoms with van der Waals surface area (Å²) in [6, 6.07) is 6.30. The molecule has 0 unspecified atom stereocenters. The zero-order chi connectivity index (χ0) is 84.4. The average molecular weight is 1700 g/mol. The molecule has 0 radical (unpaired) electrons. The van der Waals surface area contributed by atoms with Crippen LogP contribution < -0.4 is 0 Å². The molecule has 0 aliphatic rings. The van der Waals surface area contributed by atoms with Crippen molar-refractivity contribution in [3.05, 3.63) is 107 Å². The summed E-state index contributed by atoms with van der Waals surface area (Å²) >= 11 is 0. The van der Waals surface area contributed by atoms with E-state index in [4.69, 9.17) is 18.9 Å². The second-order valence-electron chi connectivity index (χ2n) is 32.9. The number of carbonyl (C=O) groups excluding carboxylic acids is 4. The van der Waals surface area contributed by atoms with Crippen LogP contribution in [-0.4, -0.2) is 114 Å². The number of benzene rings is 2. The largest absolute Gasteiger partial charge is 2.00 e. The van der Waals surface area contributed by atoms with Crippen molar-refractivity contribution in [3.63, 3.8) is 0 Å². The topological polar surface area (TPSA) is 220 Å². The Kier molecular flexibility index (Phi) is 81.9. The summed E-state index contributed by atoms with van der Waals surface area (Å²) in [7, 11) is -9.64. The molecule has 117 heavy (non-hydrogen) atoms. The Morgan fingerprint density at radius 3 is 0.538 bits per heavy atom. The van der Waals surface area contributed by atoms with E-state index in [2.05, 4.69) is 76.3 Å². The minimum atomic E-state index is -4.82. The van der Waals surface area contributed by atoms with E-state index < -0.39 is 53.9 Å². The van der Waals surface area contributed by atoms with E-state index in [1.54, 1.807) is 0 Å². The first kappa shape index (κ1) is 113. The Morgan fingerprint density at radius 1 is 0.231 bits per heavy atom. The van der Waals surface area contributed by atoms with Crippen LogP contribution in [-0.2, 0) is 39.2 Å². The zero-order valence-corrected chi connectivity index (χ0v) is 79.1. The van der Waals surface area contributed by atoms with Gasteiger partial charge < -0.3 is 28.1 Å². The average Bonchev–Trinajstić information content (AvgIpc) is 0.814. The van der Waals surface area contributed by atoms with E-state index >= 15 is 0 Å². The molecule has 2 aromatic rings. The quantitative estimate of drug-likeness (QED) is 0.0150. The number of hydrogen-bond donors (Lipinski definition) is 0. The van der Waals surface area contributed by atoms with Gasteiger partial charge in [-0.1, -0.05) is 410 Å². The maximum Gasteiger partial charge on any atom is 2.00 e. The van der Waals surface area contributed by atoms with Crippen molar-refractivity contribution < 1.29 is 64.1 Å². The van der Waals surface area contributed by atoms with Gasteiger partial charge in [-0.2, -0.15) is 0 Å². The van der Waals surface area contributed by atoms with E-state index in [-0.39, 0.29) is 86.4 Å². The van der Waals surface area contributed by atoms with Gasteiger partial charge in [-0.25, -0.2) is 36.0 Å². The fourth-order valence-corrected chi connectivity index (χ4v) is 15.5. The molecule has 668 valence electrons. The van der Waals surface area contributed by atoms with Gasteiger partial charge in [0.2, 0.25) is 0 Å². The minimum absolute atomic E-state index is 0. The molecule has 0 heterocycles. The fraction of sp³-hybridized carbons (Fsp3) is 0.760. The molecule has 14 nitrogen and oxygen atoms in total. The van der Waals surface area contributed by atoms with Gasteiger partial charge >= 0.3 is 61.6 Å². The Hall–Kier alpha value is -3.64. The summed E-state index contributed by atoms with van der Waals surface area (Å²) in [5.41, 5.74) is -0.666. The normalized spacial score (nSPS) is 11.8. The molecule has 0 aromatic heterocycles. The standard InChI is InChI=1S/2C50H86O7S.Ca/c2*1-3-5-7-9-11-13-15-17-19-21-23-25-27-29-31-33-35-37-39-43-56-49(51)47-42-41-46(58(53,54)55)45-48(47)50(52)57-44-40-38-36-34-32-30-28-26-24-22-20-18-16-14-12-10-8-6-4-2;/h2*9-12,41-42,45H,3-8,13-40,43-44H2,1-2H3,(H,53,54,55);/q;;+2/p-2/b2*11-9+,12-10+;. The number of hydrogen-bond acceptors (Lipinski definition) is 14. The number of ether oxygens (including phenoxy) is 4. The third-order valence-electron chi connectivity index (χ3n) is 22.0. The molecule has 0 spiro atoms. The summed E-state index contributed by atoms with van der Waals surface area (Å²) in [5.74, 6) is -3.08. The van der Waals surface area contributed by atoms with Gasteiger partial charge in [-0.05, 0) is 139 Å². The molecule has 0 aliphatic carbocycles. The van der Waals surface area contributed by atoms with Gasteiger partial charge in [-0.3, -0.25) is 0 Å². The summed E-state index contributed by atoms with van der Waals surface area (Å²) in [4.78, 5) is 50.6. The molecule has 0 bridgehead atoms. The molecule has 0 fully saturated rings. The number of esters is 4. The van der Waals surface area contributed by atoms with Crippen LogP contribution in [0.15, 0.2) is 94.8 Å². The van der Waals surface area contributed by atoms with E-state index in [1.165, 1.54) is 359 Å². The molecular weight excluding hydrogens is 1530 g/mol. The van der Waals surface area contributed by atoms with Crippen molar-refractivity contribution in [2.24, 2.45) is 0 Å². The summed E-state index contributed by atoms with van der Waals surface area (Å²) in [5, 5.41) is 0. The maximum atomic E-state index is 13.0. The number of allylic oxidation sites excluding steroid dienone is 8. The van der Waals surface area contributed by atoms with Crippen molar-refractivity contribution in [2.75, 3.05) is 26.4 Å². The number of carbonyl (C=O) groups is 4. The summed E-state index contributed by atoms with van der Waals surface area (Å²) in [6.45, 7) is 9.69. The van der Waals surface area contributed by atoms with Gasteiger partial charge in [0.15, 0.2) is 0 Å². The van der Waals surface area contributed by atoms with Gasteiger partial charge in [0.1, 0.15) is 20.2 Å². The van der Waals surface area contributed by atoms with Crippen LogP contribution in [0.5, 0.6) is 0 Å². The Morgan fingerprint density at radius 2 is 0.376 bits per heavy atom. The van der Waals surface area contributed by atoms with Gasteiger partial charge in [0, 0.05) is 0 Å². The SMILES string of the molecule is CCCC/C=C/CCCCCCCCCCCCCCCOC(=O)c1ccc(S(=O)(=O)[O-])cc1C(=O)OCCCCCCCCCCCCCCC/C=C/CCCC.CCCC/C=C/CCCCCCCCCCCCCCCOC(=O)c1ccc(S(=O)(=O)[O-])cc1C(=O)OCCCCCCCCCCCCCCC/C=C/CCCC.[Ca+2]. The Labute approximate surface area is 747 Å². The molecule has 0 atom stereocenters. The van der Waals surface area contributed by atoms with Gasteiger partial charge in [0.05, 0.1) is 58.5 Å². The molecule has 0 amide bonds. The molecule has 0 aliphatic heterocycles. The molecule has 0 saturated carbocycles. The van der Waals surface area contributed by atoms with Gasteiger partial charge in [-0.15, -0.1) is 0 Å². The van der Waals surface area contributed by atoms with Gasteiger partial charge in [0.25, 0.3) is 0 Å². The number of unbranched alkanes of at least 4 members (excludes halogenated alkanes) is 60. The van der Waals surface area contributed by atoms with Crippen LogP contribution >= 0.6 is 0 Å². The van der Waals surface area contributed by atoms with Crippen LogP contribution in [0.4, 0.5) is 0 Å². The van der Waals surface area contributed by atoms with Crippen LogP contribution in [0.25, 0.3) is 0 Å². The molecule has 2 rings (SSSR count). The van der Waals surface area contributed by atoms with Crippen LogP contribution in [0.1, 0.15) is 506 Å². The zero-order valence-electron chi connectivity index (χ0n) is 75.2. The summed E-state index contributed by atoms with van der Waals surface area (Å²) < 4.78 is 91.8. The van der Waals surface area contributed by atoms with Crippen LogP contribution in [0, 0.1) is 0 Å². The minimum Gasteiger partial charge on any atom is -0.744 e. The van der Waals surface area contributed by atoms with Crippen molar-refractivity contribution >= 4 is 81.9 Å². The Balaban J connectivity index is 0.00000228. The van der Waals surface area contributed by atoms with Crippen molar-refractivity contribution in [1.82, 2.24) is 0 Å². The monoisotopic (exact) mass is 1700 g/mol. The molecular formula is C100H170CaO14S2. The second kappa shape index (κ2) is 84.6. The van der Waals surface area contributed by atoms with E-state index in [0.717, 1.165) is 88.5 Å². The predicted octanol–water partition coefficient (Wildman–Crippen LogP) is 30.3. The van der Waals surface area contributed by atoms with E-state index in [9.17, 15) is 45.1 Å². The van der Waals surface area contributed by atoms with Crippen LogP contribution in [0.3, 0.4) is 0 Å². The fourth-order valence-electron chi connectivity index (χ4n) is 14.5. The first-order valence-corrected chi connectivity index (χ1v) is 50.9. The van der Waals surface area contributed by atoms with Crippen LogP contribution in [0.2, 0.25) is 0 Å².